The summed E-state index contributed by atoms with van der Waals surface area (Å²) in [4.78, 5) is 32.8. The molecule has 0 radical (unpaired) electrons. The second kappa shape index (κ2) is 5.77. The Morgan fingerprint density at radius 2 is 2.18 bits per heavy atom. The van der Waals surface area contributed by atoms with Gasteiger partial charge < -0.3 is 35.7 Å². The number of nitrogens with zero attached hydrogens (tertiary/aromatic N) is 2. The number of hydroxylamine groups is 3. The lowest BCUT2D eigenvalue weighted by Crippen LogP contribution is -2.56. The van der Waals surface area contributed by atoms with Gasteiger partial charge >= 0.3 is 13.9 Å². The number of carbonyl (C=O) groups is 1. The summed E-state index contributed by atoms with van der Waals surface area (Å²) in [7, 11) is -5.11. The van der Waals surface area contributed by atoms with Gasteiger partial charge in [-0.25, -0.2) is 14.0 Å². The topological polar surface area (TPSA) is 195 Å². The van der Waals surface area contributed by atoms with Crippen molar-refractivity contribution in [2.45, 2.75) is 24.5 Å². The number of aliphatic hydroxyl groups excluding tert-OH is 2. The minimum Gasteiger partial charge on any atom is -0.617 e. The van der Waals surface area contributed by atoms with E-state index in [1.165, 1.54) is 0 Å². The molecule has 12 nitrogen and oxygen atoms in total. The second-order valence-electron chi connectivity index (χ2n) is 4.64. The molecule has 2 aliphatic rings. The highest BCUT2D eigenvalue weighted by Gasteiger charge is 2.56. The summed E-state index contributed by atoms with van der Waals surface area (Å²) in [5.74, 6) is -0.237. The number of rotatable bonds is 4. The van der Waals surface area contributed by atoms with Crippen LogP contribution in [0, 0.1) is 5.21 Å². The average Bonchev–Trinajstić information content (AvgIpc) is 2.70. The van der Waals surface area contributed by atoms with Gasteiger partial charge in [0, 0.05) is 6.08 Å². The van der Waals surface area contributed by atoms with Crippen LogP contribution in [0.4, 0.5) is 4.79 Å². The first-order valence-corrected chi connectivity index (χ1v) is 7.47. The second-order valence-corrected chi connectivity index (χ2v) is 5.84. The standard InChI is InChI=1S/C9H14N3O9P/c10-5-1-2-12(16,9(15)11-5)8-7(21-22(17,18)19)6(14)4(3-13)20-8/h1-2,4,6-8,13-14H,3H2,(H2,10,11,15)(H2,17,18,19)/t4-,6-,7-,8-,12?/m1/s1. The Hall–Kier alpha value is -1.21. The van der Waals surface area contributed by atoms with E-state index >= 15 is 0 Å². The van der Waals surface area contributed by atoms with Crippen LogP contribution in [0.3, 0.4) is 0 Å². The van der Waals surface area contributed by atoms with E-state index in [-0.39, 0.29) is 5.84 Å². The van der Waals surface area contributed by atoms with Gasteiger partial charge in [0.2, 0.25) is 6.23 Å². The zero-order chi connectivity index (χ0) is 16.7. The van der Waals surface area contributed by atoms with Crippen molar-refractivity contribution in [3.63, 3.8) is 0 Å². The summed E-state index contributed by atoms with van der Waals surface area (Å²) >= 11 is 0. The Balaban J connectivity index is 2.36. The summed E-state index contributed by atoms with van der Waals surface area (Å²) in [5.41, 5.74) is 5.27. The van der Waals surface area contributed by atoms with Crippen molar-refractivity contribution in [3.05, 3.63) is 17.5 Å². The number of carbonyl (C=O) groups excluding carboxylic acids is 1. The Bertz CT molecular complexity index is 575. The van der Waals surface area contributed by atoms with Crippen molar-refractivity contribution in [3.8, 4) is 0 Å². The Morgan fingerprint density at radius 3 is 2.68 bits per heavy atom. The number of aliphatic hydroxyl groups is 2. The lowest BCUT2D eigenvalue weighted by Gasteiger charge is -2.41. The molecule has 0 aromatic rings. The third kappa shape index (κ3) is 3.10. The molecule has 5 atom stereocenters. The van der Waals surface area contributed by atoms with Crippen molar-refractivity contribution < 1.29 is 43.3 Å². The quantitative estimate of drug-likeness (QED) is 0.214. The predicted molar refractivity (Wildman–Crippen MR) is 68.5 cm³/mol. The van der Waals surface area contributed by atoms with Crippen LogP contribution in [-0.2, 0) is 13.8 Å². The van der Waals surface area contributed by atoms with Crippen LogP contribution < -0.4 is 5.73 Å². The zero-order valence-electron chi connectivity index (χ0n) is 10.9. The molecule has 1 saturated heterocycles. The highest BCUT2D eigenvalue weighted by molar-refractivity contribution is 7.46. The average molecular weight is 339 g/mol. The van der Waals surface area contributed by atoms with Gasteiger partial charge in [0.1, 0.15) is 24.2 Å². The van der Waals surface area contributed by atoms with Gasteiger partial charge in [0.25, 0.3) is 0 Å². The Morgan fingerprint density at radius 1 is 1.55 bits per heavy atom. The molecular formula is C9H14N3O9P. The van der Waals surface area contributed by atoms with Crippen molar-refractivity contribution in [2.75, 3.05) is 6.61 Å². The summed E-state index contributed by atoms with van der Waals surface area (Å²) in [6, 6.07) is -1.32. The van der Waals surface area contributed by atoms with E-state index in [9.17, 15) is 19.7 Å². The number of urea groups is 1. The monoisotopic (exact) mass is 339 g/mol. The van der Waals surface area contributed by atoms with Crippen LogP contribution in [-0.4, -0.2) is 67.7 Å². The molecule has 0 aliphatic carbocycles. The number of phosphoric ester groups is 1. The predicted octanol–water partition coefficient (Wildman–Crippen LogP) is -2.14. The smallest absolute Gasteiger partial charge is 0.470 e. The molecule has 1 fully saturated rings. The number of amidine groups is 1. The van der Waals surface area contributed by atoms with Crippen LogP contribution in [0.2, 0.25) is 0 Å². The lowest BCUT2D eigenvalue weighted by atomic mass is 10.1. The number of nitrogens with two attached hydrogens (primary N) is 1. The molecule has 22 heavy (non-hydrogen) atoms. The van der Waals surface area contributed by atoms with E-state index in [2.05, 4.69) is 9.52 Å². The first-order valence-electron chi connectivity index (χ1n) is 5.94. The summed E-state index contributed by atoms with van der Waals surface area (Å²) in [5, 5.41) is 31.5. The van der Waals surface area contributed by atoms with Crippen LogP contribution >= 0.6 is 7.82 Å². The van der Waals surface area contributed by atoms with Crippen molar-refractivity contribution in [1.29, 1.82) is 0 Å². The molecule has 2 amide bonds. The number of ether oxygens (including phenoxy) is 1. The molecule has 0 aromatic carbocycles. The first-order chi connectivity index (χ1) is 10.1. The van der Waals surface area contributed by atoms with Crippen LogP contribution in [0.25, 0.3) is 0 Å². The van der Waals surface area contributed by atoms with Gasteiger partial charge in [-0.05, 0) is 0 Å². The lowest BCUT2D eigenvalue weighted by molar-refractivity contribution is -0.805. The maximum atomic E-state index is 12.6. The number of hydrogen-bond donors (Lipinski definition) is 5. The fourth-order valence-electron chi connectivity index (χ4n) is 2.12. The van der Waals surface area contributed by atoms with Gasteiger partial charge in [0.15, 0.2) is 6.10 Å². The van der Waals surface area contributed by atoms with Gasteiger partial charge in [0.05, 0.1) is 6.61 Å². The summed E-state index contributed by atoms with van der Waals surface area (Å²) in [6.45, 7) is -0.762. The van der Waals surface area contributed by atoms with Crippen molar-refractivity contribution in [2.24, 2.45) is 10.7 Å². The highest BCUT2D eigenvalue weighted by Crippen LogP contribution is 2.44. The number of quaternary nitrogens is 1. The van der Waals surface area contributed by atoms with E-state index in [0.717, 1.165) is 12.3 Å². The number of phosphoric acid groups is 1. The normalized spacial score (nSPS) is 39.1. The minimum absolute atomic E-state index is 0.237. The van der Waals surface area contributed by atoms with Crippen LogP contribution in [0.1, 0.15) is 0 Å². The van der Waals surface area contributed by atoms with Crippen molar-refractivity contribution in [1.82, 2.24) is 0 Å². The fraction of sp³-hybridized carbons (Fsp3) is 0.556. The zero-order valence-corrected chi connectivity index (χ0v) is 11.8. The fourth-order valence-corrected chi connectivity index (χ4v) is 2.67. The summed E-state index contributed by atoms with van der Waals surface area (Å²) in [6.07, 6.45) is -5.09. The van der Waals surface area contributed by atoms with Crippen LogP contribution in [0.15, 0.2) is 17.3 Å². The summed E-state index contributed by atoms with van der Waals surface area (Å²) < 4.78 is 18.4. The van der Waals surface area contributed by atoms with Gasteiger partial charge in [-0.1, -0.05) is 0 Å². The molecular weight excluding hydrogens is 325 g/mol. The number of aliphatic imine (C=N–C) groups is 1. The molecule has 1 unspecified atom stereocenters. The third-order valence-electron chi connectivity index (χ3n) is 3.12. The molecule has 2 heterocycles. The van der Waals surface area contributed by atoms with Crippen LogP contribution in [0.5, 0.6) is 0 Å². The molecule has 13 heteroatoms. The molecule has 0 aromatic heterocycles. The SMILES string of the molecule is NC1=NC(=O)[N+]([O-])([C@@H]2O[C@H](CO)[C@@H](O)[C@H]2OP(=O)(O)O)C=C1. The molecule has 0 spiro atoms. The Labute approximate surface area is 123 Å². The van der Waals surface area contributed by atoms with E-state index in [1.807, 2.05) is 0 Å². The minimum atomic E-state index is -5.11. The maximum absolute atomic E-state index is 12.6. The van der Waals surface area contributed by atoms with E-state index < -0.39 is 49.6 Å². The van der Waals surface area contributed by atoms with E-state index in [0.29, 0.717) is 0 Å². The molecule has 0 saturated carbocycles. The molecule has 2 rings (SSSR count). The highest BCUT2D eigenvalue weighted by atomic mass is 31.2. The number of amides is 2. The van der Waals surface area contributed by atoms with Gasteiger partial charge in [-0.15, -0.1) is 4.99 Å². The van der Waals surface area contributed by atoms with Gasteiger partial charge in [-0.3, -0.25) is 4.52 Å². The molecule has 124 valence electrons. The van der Waals surface area contributed by atoms with Gasteiger partial charge in [-0.2, -0.15) is 0 Å². The molecule has 2 aliphatic heterocycles. The Kier molecular flexibility index (Phi) is 4.50. The molecule has 0 bridgehead atoms. The molecule has 6 N–H and O–H groups in total. The third-order valence-corrected chi connectivity index (χ3v) is 3.64. The van der Waals surface area contributed by atoms with E-state index in [4.69, 9.17) is 25.4 Å². The number of hydrogen-bond acceptors (Lipinski definition) is 8. The largest absolute Gasteiger partial charge is 0.617 e. The first kappa shape index (κ1) is 17.1. The van der Waals surface area contributed by atoms with Crippen molar-refractivity contribution >= 4 is 19.7 Å². The maximum Gasteiger partial charge on any atom is 0.470 e. The van der Waals surface area contributed by atoms with E-state index in [1.54, 1.807) is 0 Å².